The minimum Gasteiger partial charge on any atom is -0.381 e. The maximum atomic E-state index is 13.2. The van der Waals surface area contributed by atoms with Crippen molar-refractivity contribution in [1.29, 1.82) is 0 Å². The lowest BCUT2D eigenvalue weighted by molar-refractivity contribution is 0.00137. The lowest BCUT2D eigenvalue weighted by Crippen LogP contribution is -2.51. The van der Waals surface area contributed by atoms with Crippen molar-refractivity contribution in [3.8, 4) is 11.3 Å². The fourth-order valence-corrected chi connectivity index (χ4v) is 4.03. The number of nitrogens with one attached hydrogen (secondary N) is 2. The molecule has 2 saturated heterocycles. The van der Waals surface area contributed by atoms with Gasteiger partial charge >= 0.3 is 0 Å². The van der Waals surface area contributed by atoms with Crippen molar-refractivity contribution >= 4 is 0 Å². The number of aromatic amines is 1. The second-order valence-corrected chi connectivity index (χ2v) is 7.25. The second kappa shape index (κ2) is 8.93. The first-order valence-electron chi connectivity index (χ1n) is 9.69. The highest BCUT2D eigenvalue weighted by Gasteiger charge is 2.31. The molecule has 0 bridgehead atoms. The van der Waals surface area contributed by atoms with Crippen molar-refractivity contribution in [2.45, 2.75) is 19.0 Å². The molecule has 2 N–H and O–H groups in total. The molecule has 3 heterocycles. The van der Waals surface area contributed by atoms with Crippen molar-refractivity contribution < 1.29 is 13.9 Å². The predicted molar refractivity (Wildman–Crippen MR) is 101 cm³/mol. The van der Waals surface area contributed by atoms with Crippen molar-refractivity contribution in [2.24, 2.45) is 5.92 Å². The van der Waals surface area contributed by atoms with Crippen LogP contribution in [0.5, 0.6) is 0 Å². The van der Waals surface area contributed by atoms with E-state index >= 15 is 0 Å². The van der Waals surface area contributed by atoms with E-state index in [4.69, 9.17) is 9.47 Å². The zero-order valence-corrected chi connectivity index (χ0v) is 15.5. The highest BCUT2D eigenvalue weighted by Crippen LogP contribution is 2.23. The largest absolute Gasteiger partial charge is 0.381 e. The highest BCUT2D eigenvalue weighted by atomic mass is 19.1. The van der Waals surface area contributed by atoms with Crippen LogP contribution in [0.3, 0.4) is 0 Å². The number of aromatic nitrogens is 2. The number of hydrogen-bond donors (Lipinski definition) is 2. The van der Waals surface area contributed by atoms with E-state index in [9.17, 15) is 4.39 Å². The molecule has 2 fully saturated rings. The summed E-state index contributed by atoms with van der Waals surface area (Å²) in [5.41, 5.74) is 2.97. The van der Waals surface area contributed by atoms with Gasteiger partial charge in [-0.15, -0.1) is 0 Å². The summed E-state index contributed by atoms with van der Waals surface area (Å²) in [6.45, 7) is 6.91. The van der Waals surface area contributed by atoms with Crippen LogP contribution in [0.4, 0.5) is 4.39 Å². The van der Waals surface area contributed by atoms with Gasteiger partial charge in [0, 0.05) is 55.9 Å². The molecule has 1 aromatic carbocycles. The zero-order valence-electron chi connectivity index (χ0n) is 15.5. The van der Waals surface area contributed by atoms with Gasteiger partial charge < -0.3 is 14.8 Å². The summed E-state index contributed by atoms with van der Waals surface area (Å²) in [6.07, 6.45) is 2.96. The lowest BCUT2D eigenvalue weighted by atomic mass is 9.96. The molecule has 7 heteroatoms. The molecule has 6 nitrogen and oxygen atoms in total. The molecule has 2 unspecified atom stereocenters. The predicted octanol–water partition coefficient (Wildman–Crippen LogP) is 2.04. The van der Waals surface area contributed by atoms with Gasteiger partial charge in [0.15, 0.2) is 0 Å². The van der Waals surface area contributed by atoms with Crippen LogP contribution in [-0.4, -0.2) is 67.2 Å². The van der Waals surface area contributed by atoms with Gasteiger partial charge in [-0.25, -0.2) is 4.39 Å². The third kappa shape index (κ3) is 4.55. The quantitative estimate of drug-likeness (QED) is 0.777. The fraction of sp³-hybridized carbons (Fsp3) is 0.550. The van der Waals surface area contributed by atoms with Gasteiger partial charge in [0.1, 0.15) is 5.82 Å². The number of rotatable bonds is 7. The maximum absolute atomic E-state index is 13.2. The summed E-state index contributed by atoms with van der Waals surface area (Å²) in [5.74, 6) is 0.335. The Kier molecular flexibility index (Phi) is 6.14. The summed E-state index contributed by atoms with van der Waals surface area (Å²) >= 11 is 0. The van der Waals surface area contributed by atoms with Gasteiger partial charge in [-0.3, -0.25) is 10.00 Å². The maximum Gasteiger partial charge on any atom is 0.123 e. The monoisotopic (exact) mass is 374 g/mol. The molecule has 0 aliphatic carbocycles. The average Bonchev–Trinajstić information content (AvgIpc) is 3.39. The number of H-pyrrole nitrogens is 1. The molecule has 0 amide bonds. The Labute approximate surface area is 159 Å². The molecule has 27 heavy (non-hydrogen) atoms. The highest BCUT2D eigenvalue weighted by molar-refractivity contribution is 5.62. The molecule has 2 aliphatic heterocycles. The molecule has 146 valence electrons. The van der Waals surface area contributed by atoms with E-state index in [0.717, 1.165) is 75.8 Å². The van der Waals surface area contributed by atoms with E-state index in [0.29, 0.717) is 12.0 Å². The molecule has 0 spiro atoms. The fourth-order valence-electron chi connectivity index (χ4n) is 4.03. The van der Waals surface area contributed by atoms with E-state index in [2.05, 4.69) is 20.4 Å². The van der Waals surface area contributed by atoms with Gasteiger partial charge in [-0.1, -0.05) is 0 Å². The molecular weight excluding hydrogens is 347 g/mol. The van der Waals surface area contributed by atoms with Gasteiger partial charge in [-0.05, 0) is 30.7 Å². The minimum absolute atomic E-state index is 0.231. The van der Waals surface area contributed by atoms with Crippen LogP contribution in [0.1, 0.15) is 12.0 Å². The van der Waals surface area contributed by atoms with Crippen molar-refractivity contribution in [3.63, 3.8) is 0 Å². The third-order valence-electron chi connectivity index (χ3n) is 5.54. The summed E-state index contributed by atoms with van der Waals surface area (Å²) in [5, 5.41) is 10.8. The first-order valence-corrected chi connectivity index (χ1v) is 9.69. The van der Waals surface area contributed by atoms with Crippen molar-refractivity contribution in [2.75, 3.05) is 46.1 Å². The van der Waals surface area contributed by atoms with Crippen LogP contribution in [0.15, 0.2) is 30.5 Å². The number of benzene rings is 1. The topological polar surface area (TPSA) is 62.4 Å². The first kappa shape index (κ1) is 18.6. The normalized spacial score (nSPS) is 22.2. The number of ether oxygens (including phenoxy) is 2. The SMILES string of the molecule is Fc1ccc(-c2[nH]ncc2CNCC(C2CCOC2)N2CCOCC2)cc1. The van der Waals surface area contributed by atoms with Gasteiger partial charge in [-0.2, -0.15) is 5.10 Å². The zero-order chi connectivity index (χ0) is 18.5. The van der Waals surface area contributed by atoms with E-state index in [1.54, 1.807) is 12.1 Å². The third-order valence-corrected chi connectivity index (χ3v) is 5.54. The van der Waals surface area contributed by atoms with Crippen molar-refractivity contribution in [1.82, 2.24) is 20.4 Å². The summed E-state index contributed by atoms with van der Waals surface area (Å²) in [4.78, 5) is 2.53. The standard InChI is InChI=1S/C20H27FN4O2/c21-18-3-1-15(2-4-18)20-17(12-23-24-20)11-22-13-19(16-5-8-27-14-16)25-6-9-26-10-7-25/h1-4,12,16,19,22H,5-11,13-14H2,(H,23,24). The summed E-state index contributed by atoms with van der Waals surface area (Å²) in [7, 11) is 0. The summed E-state index contributed by atoms with van der Waals surface area (Å²) in [6, 6.07) is 6.96. The van der Waals surface area contributed by atoms with Crippen LogP contribution in [0, 0.1) is 11.7 Å². The Morgan fingerprint density at radius 3 is 2.74 bits per heavy atom. The smallest absolute Gasteiger partial charge is 0.123 e. The average molecular weight is 374 g/mol. The van der Waals surface area contributed by atoms with E-state index in [1.165, 1.54) is 12.1 Å². The van der Waals surface area contributed by atoms with Crippen LogP contribution in [-0.2, 0) is 16.0 Å². The molecule has 2 aliphatic rings. The van der Waals surface area contributed by atoms with Crippen LogP contribution < -0.4 is 5.32 Å². The number of nitrogens with zero attached hydrogens (tertiary/aromatic N) is 2. The Morgan fingerprint density at radius 1 is 1.19 bits per heavy atom. The second-order valence-electron chi connectivity index (χ2n) is 7.25. The lowest BCUT2D eigenvalue weighted by Gasteiger charge is -2.37. The molecule has 0 saturated carbocycles. The van der Waals surface area contributed by atoms with Gasteiger partial charge in [0.05, 0.1) is 31.7 Å². The Hall–Kier alpha value is -1.80. The van der Waals surface area contributed by atoms with Gasteiger partial charge in [0.25, 0.3) is 0 Å². The molecule has 2 atom stereocenters. The van der Waals surface area contributed by atoms with Crippen LogP contribution >= 0.6 is 0 Å². The van der Waals surface area contributed by atoms with Crippen LogP contribution in [0.25, 0.3) is 11.3 Å². The number of halogens is 1. The number of morpholine rings is 1. The molecule has 2 aromatic rings. The Morgan fingerprint density at radius 2 is 2.00 bits per heavy atom. The molecule has 4 rings (SSSR count). The van der Waals surface area contributed by atoms with E-state index in [1.807, 2.05) is 6.20 Å². The molecule has 0 radical (unpaired) electrons. The van der Waals surface area contributed by atoms with Gasteiger partial charge in [0.2, 0.25) is 0 Å². The Bertz CT molecular complexity index is 709. The van der Waals surface area contributed by atoms with E-state index in [-0.39, 0.29) is 5.82 Å². The number of hydrogen-bond acceptors (Lipinski definition) is 5. The Balaban J connectivity index is 1.39. The molecular formula is C20H27FN4O2. The van der Waals surface area contributed by atoms with Crippen molar-refractivity contribution in [3.05, 3.63) is 41.8 Å². The van der Waals surface area contributed by atoms with E-state index < -0.39 is 0 Å². The summed E-state index contributed by atoms with van der Waals surface area (Å²) < 4.78 is 24.3. The minimum atomic E-state index is -0.231. The first-order chi connectivity index (χ1) is 13.3. The van der Waals surface area contributed by atoms with Crippen LogP contribution in [0.2, 0.25) is 0 Å². The molecule has 1 aromatic heterocycles.